The van der Waals surface area contributed by atoms with E-state index in [0.29, 0.717) is 11.5 Å². The second-order valence-electron chi connectivity index (χ2n) is 7.79. The lowest BCUT2D eigenvalue weighted by molar-refractivity contribution is 0.139. The standard InChI is InChI=1S/C20H27N3/c1-20(12-4-5-13-20)15-8-10-16(11-9-15)23-19-17-6-2-3-7-18(17)21-14-22-19/h2-3,6-7,14-16H,4-5,8-13H2,1H3,(H,21,22,23)/t15-,16+. The molecule has 0 aliphatic heterocycles. The van der Waals surface area contributed by atoms with Gasteiger partial charge in [0.15, 0.2) is 0 Å². The SMILES string of the molecule is CC1([C@H]2CC[C@@H](Nc3ncnc4ccccc34)CC2)CCCC1. The molecule has 1 aromatic heterocycles. The Balaban J connectivity index is 1.43. The molecule has 3 heteroatoms. The highest BCUT2D eigenvalue weighted by atomic mass is 15.0. The van der Waals surface area contributed by atoms with Crippen LogP contribution < -0.4 is 5.32 Å². The van der Waals surface area contributed by atoms with Gasteiger partial charge in [0.25, 0.3) is 0 Å². The van der Waals surface area contributed by atoms with Gasteiger partial charge in [0.1, 0.15) is 12.1 Å². The first kappa shape index (κ1) is 14.9. The third-order valence-corrected chi connectivity index (χ3v) is 6.34. The van der Waals surface area contributed by atoms with Crippen molar-refractivity contribution in [3.8, 4) is 0 Å². The first-order chi connectivity index (χ1) is 11.2. The Morgan fingerprint density at radius 3 is 2.52 bits per heavy atom. The van der Waals surface area contributed by atoms with Crippen LogP contribution in [-0.4, -0.2) is 16.0 Å². The van der Waals surface area contributed by atoms with Crippen LogP contribution in [-0.2, 0) is 0 Å². The maximum absolute atomic E-state index is 4.49. The van der Waals surface area contributed by atoms with E-state index in [4.69, 9.17) is 0 Å². The van der Waals surface area contributed by atoms with Crippen molar-refractivity contribution in [1.29, 1.82) is 0 Å². The topological polar surface area (TPSA) is 37.8 Å². The average molecular weight is 309 g/mol. The highest BCUT2D eigenvalue weighted by molar-refractivity contribution is 5.88. The number of nitrogens with zero attached hydrogens (tertiary/aromatic N) is 2. The molecule has 0 bridgehead atoms. The van der Waals surface area contributed by atoms with Gasteiger partial charge in [-0.3, -0.25) is 0 Å². The Labute approximate surface area is 138 Å². The molecular weight excluding hydrogens is 282 g/mol. The molecule has 0 amide bonds. The van der Waals surface area contributed by atoms with Crippen LogP contribution >= 0.6 is 0 Å². The summed E-state index contributed by atoms with van der Waals surface area (Å²) in [4.78, 5) is 8.85. The summed E-state index contributed by atoms with van der Waals surface area (Å²) in [5, 5.41) is 4.84. The number of anilines is 1. The molecule has 0 unspecified atom stereocenters. The lowest BCUT2D eigenvalue weighted by Crippen LogP contribution is -2.33. The predicted octanol–water partition coefficient (Wildman–Crippen LogP) is 5.18. The second-order valence-corrected chi connectivity index (χ2v) is 7.79. The summed E-state index contributed by atoms with van der Waals surface area (Å²) >= 11 is 0. The molecule has 1 N–H and O–H groups in total. The van der Waals surface area contributed by atoms with E-state index in [2.05, 4.69) is 40.4 Å². The molecule has 0 saturated heterocycles. The summed E-state index contributed by atoms with van der Waals surface area (Å²) in [6.45, 7) is 2.54. The molecule has 0 atom stereocenters. The van der Waals surface area contributed by atoms with Crippen LogP contribution in [0.5, 0.6) is 0 Å². The predicted molar refractivity (Wildman–Crippen MR) is 95.5 cm³/mol. The zero-order valence-electron chi connectivity index (χ0n) is 14.1. The Morgan fingerprint density at radius 1 is 1.00 bits per heavy atom. The van der Waals surface area contributed by atoms with Crippen LogP contribution in [0.4, 0.5) is 5.82 Å². The van der Waals surface area contributed by atoms with Gasteiger partial charge in [0, 0.05) is 11.4 Å². The molecule has 23 heavy (non-hydrogen) atoms. The number of benzene rings is 1. The molecule has 122 valence electrons. The van der Waals surface area contributed by atoms with E-state index in [-0.39, 0.29) is 0 Å². The molecule has 3 nitrogen and oxygen atoms in total. The zero-order chi connectivity index (χ0) is 15.7. The number of hydrogen-bond donors (Lipinski definition) is 1. The molecule has 2 saturated carbocycles. The van der Waals surface area contributed by atoms with Gasteiger partial charge in [0.2, 0.25) is 0 Å². The van der Waals surface area contributed by atoms with Gasteiger partial charge in [-0.25, -0.2) is 9.97 Å². The van der Waals surface area contributed by atoms with Gasteiger partial charge in [-0.15, -0.1) is 0 Å². The summed E-state index contributed by atoms with van der Waals surface area (Å²) in [6, 6.07) is 8.83. The lowest BCUT2D eigenvalue weighted by atomic mass is 9.68. The van der Waals surface area contributed by atoms with Crippen LogP contribution in [0.2, 0.25) is 0 Å². The fraction of sp³-hybridized carbons (Fsp3) is 0.600. The van der Waals surface area contributed by atoms with Crippen molar-refractivity contribution in [3.05, 3.63) is 30.6 Å². The molecule has 1 aromatic carbocycles. The van der Waals surface area contributed by atoms with Crippen LogP contribution in [0.25, 0.3) is 10.9 Å². The summed E-state index contributed by atoms with van der Waals surface area (Å²) in [5.41, 5.74) is 1.66. The van der Waals surface area contributed by atoms with E-state index in [1.165, 1.54) is 51.4 Å². The molecule has 2 aliphatic carbocycles. The van der Waals surface area contributed by atoms with Crippen molar-refractivity contribution in [1.82, 2.24) is 9.97 Å². The summed E-state index contributed by atoms with van der Waals surface area (Å²) < 4.78 is 0. The number of para-hydroxylation sites is 1. The smallest absolute Gasteiger partial charge is 0.137 e. The van der Waals surface area contributed by atoms with E-state index >= 15 is 0 Å². The van der Waals surface area contributed by atoms with E-state index in [0.717, 1.165) is 22.6 Å². The maximum Gasteiger partial charge on any atom is 0.137 e. The van der Waals surface area contributed by atoms with E-state index < -0.39 is 0 Å². The summed E-state index contributed by atoms with van der Waals surface area (Å²) in [7, 11) is 0. The molecule has 0 radical (unpaired) electrons. The van der Waals surface area contributed by atoms with Gasteiger partial charge in [-0.2, -0.15) is 0 Å². The van der Waals surface area contributed by atoms with Crippen LogP contribution in [0.3, 0.4) is 0 Å². The fourth-order valence-electron chi connectivity index (χ4n) is 4.84. The van der Waals surface area contributed by atoms with Crippen molar-refractivity contribution in [2.24, 2.45) is 11.3 Å². The van der Waals surface area contributed by atoms with Crippen molar-refractivity contribution in [2.75, 3.05) is 5.32 Å². The second kappa shape index (κ2) is 6.10. The normalized spacial score (nSPS) is 27.2. The first-order valence-electron chi connectivity index (χ1n) is 9.21. The van der Waals surface area contributed by atoms with Crippen molar-refractivity contribution in [2.45, 2.75) is 64.3 Å². The number of aromatic nitrogens is 2. The fourth-order valence-corrected chi connectivity index (χ4v) is 4.84. The minimum Gasteiger partial charge on any atom is -0.367 e. The van der Waals surface area contributed by atoms with Gasteiger partial charge >= 0.3 is 0 Å². The van der Waals surface area contributed by atoms with E-state index in [1.807, 2.05) is 6.07 Å². The molecule has 2 fully saturated rings. The van der Waals surface area contributed by atoms with Crippen molar-refractivity contribution < 1.29 is 0 Å². The molecule has 0 spiro atoms. The maximum atomic E-state index is 4.49. The Morgan fingerprint density at radius 2 is 1.74 bits per heavy atom. The lowest BCUT2D eigenvalue weighted by Gasteiger charge is -2.39. The third kappa shape index (κ3) is 2.93. The third-order valence-electron chi connectivity index (χ3n) is 6.34. The van der Waals surface area contributed by atoms with Gasteiger partial charge in [0.05, 0.1) is 5.52 Å². The van der Waals surface area contributed by atoms with Gasteiger partial charge in [-0.1, -0.05) is 31.9 Å². The first-order valence-corrected chi connectivity index (χ1v) is 9.21. The largest absolute Gasteiger partial charge is 0.367 e. The number of fused-ring (bicyclic) bond motifs is 1. The van der Waals surface area contributed by atoms with Gasteiger partial charge in [-0.05, 0) is 62.0 Å². The van der Waals surface area contributed by atoms with E-state index in [9.17, 15) is 0 Å². The number of hydrogen-bond acceptors (Lipinski definition) is 3. The minimum absolute atomic E-state index is 0.564. The summed E-state index contributed by atoms with van der Waals surface area (Å²) in [5.74, 6) is 1.94. The number of rotatable bonds is 3. The monoisotopic (exact) mass is 309 g/mol. The quantitative estimate of drug-likeness (QED) is 0.848. The van der Waals surface area contributed by atoms with Gasteiger partial charge < -0.3 is 5.32 Å². The highest BCUT2D eigenvalue weighted by Crippen LogP contribution is 2.49. The molecule has 2 aromatic rings. The Hall–Kier alpha value is -1.64. The zero-order valence-corrected chi connectivity index (χ0v) is 14.1. The number of nitrogens with one attached hydrogen (secondary N) is 1. The molecule has 4 rings (SSSR count). The Bertz CT molecular complexity index is 662. The van der Waals surface area contributed by atoms with Crippen LogP contribution in [0, 0.1) is 11.3 Å². The average Bonchev–Trinajstić information content (AvgIpc) is 3.04. The molecular formula is C20H27N3. The van der Waals surface area contributed by atoms with Crippen molar-refractivity contribution >= 4 is 16.7 Å². The Kier molecular flexibility index (Phi) is 3.96. The van der Waals surface area contributed by atoms with Crippen LogP contribution in [0.1, 0.15) is 58.3 Å². The molecule has 1 heterocycles. The van der Waals surface area contributed by atoms with Crippen molar-refractivity contribution in [3.63, 3.8) is 0 Å². The highest BCUT2D eigenvalue weighted by Gasteiger charge is 2.38. The van der Waals surface area contributed by atoms with Crippen LogP contribution in [0.15, 0.2) is 30.6 Å². The molecule has 2 aliphatic rings. The minimum atomic E-state index is 0.564. The van der Waals surface area contributed by atoms with E-state index in [1.54, 1.807) is 6.33 Å². The summed E-state index contributed by atoms with van der Waals surface area (Å²) in [6.07, 6.45) is 12.8.